The van der Waals surface area contributed by atoms with Crippen LogP contribution in [0.1, 0.15) is 52.4 Å². The Kier molecular flexibility index (Phi) is 4.78. The van der Waals surface area contributed by atoms with Crippen molar-refractivity contribution < 1.29 is 14.3 Å². The number of fused-ring (bicyclic) bond motifs is 1. The van der Waals surface area contributed by atoms with Gasteiger partial charge in [0.15, 0.2) is 0 Å². The molecular formula is C16H24O3. The van der Waals surface area contributed by atoms with Gasteiger partial charge in [0.05, 0.1) is 12.5 Å². The molecular weight excluding hydrogens is 240 g/mol. The molecule has 0 aliphatic heterocycles. The highest BCUT2D eigenvalue weighted by Gasteiger charge is 2.44. The van der Waals surface area contributed by atoms with Gasteiger partial charge in [-0.25, -0.2) is 0 Å². The number of allylic oxidation sites excluding steroid dienone is 1. The lowest BCUT2D eigenvalue weighted by atomic mass is 9.74. The van der Waals surface area contributed by atoms with Gasteiger partial charge in [0, 0.05) is 12.3 Å². The summed E-state index contributed by atoms with van der Waals surface area (Å²) in [6, 6.07) is 0. The molecule has 0 heterocycles. The molecule has 0 amide bonds. The highest BCUT2D eigenvalue weighted by Crippen LogP contribution is 2.44. The predicted octanol–water partition coefficient (Wildman–Crippen LogP) is 3.28. The second-order valence-corrected chi connectivity index (χ2v) is 5.69. The maximum atomic E-state index is 12.1. The highest BCUT2D eigenvalue weighted by atomic mass is 16.5. The molecule has 2 rings (SSSR count). The molecule has 0 N–H and O–H groups in total. The zero-order valence-corrected chi connectivity index (χ0v) is 12.0. The Morgan fingerprint density at radius 2 is 2.21 bits per heavy atom. The summed E-state index contributed by atoms with van der Waals surface area (Å²) < 4.78 is 5.18. The number of esters is 1. The van der Waals surface area contributed by atoms with Crippen molar-refractivity contribution in [2.24, 2.45) is 17.8 Å². The van der Waals surface area contributed by atoms with Crippen molar-refractivity contribution in [1.82, 2.24) is 0 Å². The average Bonchev–Trinajstić information content (AvgIpc) is 2.78. The van der Waals surface area contributed by atoms with Crippen LogP contribution in [-0.2, 0) is 14.3 Å². The molecule has 19 heavy (non-hydrogen) atoms. The zero-order valence-electron chi connectivity index (χ0n) is 12.0. The lowest BCUT2D eigenvalue weighted by molar-refractivity contribution is -0.148. The number of ether oxygens (including phenoxy) is 1. The van der Waals surface area contributed by atoms with Gasteiger partial charge in [-0.1, -0.05) is 25.0 Å². The summed E-state index contributed by atoms with van der Waals surface area (Å²) in [4.78, 5) is 24.1. The Morgan fingerprint density at radius 3 is 2.89 bits per heavy atom. The quantitative estimate of drug-likeness (QED) is 0.565. The third-order valence-corrected chi connectivity index (χ3v) is 4.42. The van der Waals surface area contributed by atoms with Crippen LogP contribution in [0.15, 0.2) is 11.6 Å². The summed E-state index contributed by atoms with van der Waals surface area (Å²) in [6.45, 7) is 4.41. The second kappa shape index (κ2) is 6.36. The van der Waals surface area contributed by atoms with Crippen LogP contribution in [0.5, 0.6) is 0 Å². The van der Waals surface area contributed by atoms with E-state index in [1.165, 1.54) is 5.57 Å². The number of Topliss-reactive ketones (excluding diaryl/α,β-unsaturated/α-hetero) is 1. The molecule has 106 valence electrons. The van der Waals surface area contributed by atoms with Crippen molar-refractivity contribution in [1.29, 1.82) is 0 Å². The Labute approximate surface area is 115 Å². The molecule has 1 saturated carbocycles. The third kappa shape index (κ3) is 3.07. The topological polar surface area (TPSA) is 43.4 Å². The van der Waals surface area contributed by atoms with Crippen molar-refractivity contribution in [3.8, 4) is 0 Å². The first-order chi connectivity index (χ1) is 9.17. The van der Waals surface area contributed by atoms with Crippen LogP contribution in [0.25, 0.3) is 0 Å². The van der Waals surface area contributed by atoms with E-state index in [-0.39, 0.29) is 23.7 Å². The third-order valence-electron chi connectivity index (χ3n) is 4.42. The number of ketones is 1. The van der Waals surface area contributed by atoms with Gasteiger partial charge in [0.25, 0.3) is 0 Å². The molecule has 1 fully saturated rings. The fourth-order valence-corrected chi connectivity index (χ4v) is 3.43. The summed E-state index contributed by atoms with van der Waals surface area (Å²) in [5, 5.41) is 0. The summed E-state index contributed by atoms with van der Waals surface area (Å²) in [5.74, 6) is 0.294. The van der Waals surface area contributed by atoms with Gasteiger partial charge in [-0.05, 0) is 38.5 Å². The van der Waals surface area contributed by atoms with Crippen molar-refractivity contribution in [3.63, 3.8) is 0 Å². The molecule has 0 saturated heterocycles. The van der Waals surface area contributed by atoms with Gasteiger partial charge >= 0.3 is 5.97 Å². The van der Waals surface area contributed by atoms with Crippen molar-refractivity contribution >= 4 is 11.8 Å². The van der Waals surface area contributed by atoms with E-state index < -0.39 is 0 Å². The number of carbonyl (C=O) groups is 2. The smallest absolute Gasteiger partial charge is 0.313 e. The van der Waals surface area contributed by atoms with Crippen LogP contribution in [0, 0.1) is 17.8 Å². The van der Waals surface area contributed by atoms with Crippen molar-refractivity contribution in [3.05, 3.63) is 11.6 Å². The largest absolute Gasteiger partial charge is 0.466 e. The maximum absolute atomic E-state index is 12.1. The Bertz CT molecular complexity index is 383. The van der Waals surface area contributed by atoms with E-state index >= 15 is 0 Å². The molecule has 0 radical (unpaired) electrons. The SMILES string of the molecule is CCCCC1=CC(C(=O)OCC)[C@H]2CCC(=O)C2C1. The fourth-order valence-electron chi connectivity index (χ4n) is 3.43. The minimum absolute atomic E-state index is 0.0752. The molecule has 3 atom stereocenters. The van der Waals surface area contributed by atoms with Crippen molar-refractivity contribution in [2.45, 2.75) is 52.4 Å². The predicted molar refractivity (Wildman–Crippen MR) is 73.6 cm³/mol. The molecule has 3 heteroatoms. The Hall–Kier alpha value is -1.12. The van der Waals surface area contributed by atoms with Crippen LogP contribution in [0.2, 0.25) is 0 Å². The number of carbonyl (C=O) groups excluding carboxylic acids is 2. The highest BCUT2D eigenvalue weighted by molar-refractivity contribution is 5.86. The first kappa shape index (κ1) is 14.3. The standard InChI is InChI=1S/C16H24O3/c1-3-5-6-11-9-13-12(7-8-15(13)17)14(10-11)16(18)19-4-2/h10,12-14H,3-9H2,1-2H3/t12-,13?,14?/m0/s1. The molecule has 0 aromatic heterocycles. The number of rotatable bonds is 5. The van der Waals surface area contributed by atoms with Gasteiger partial charge < -0.3 is 4.74 Å². The van der Waals surface area contributed by atoms with Gasteiger partial charge in [-0.15, -0.1) is 0 Å². The van der Waals surface area contributed by atoms with Gasteiger partial charge in [-0.3, -0.25) is 9.59 Å². The Balaban J connectivity index is 2.16. The van der Waals surface area contributed by atoms with Gasteiger partial charge in [-0.2, -0.15) is 0 Å². The van der Waals surface area contributed by atoms with E-state index in [0.717, 1.165) is 32.1 Å². The second-order valence-electron chi connectivity index (χ2n) is 5.69. The molecule has 0 bridgehead atoms. The van der Waals surface area contributed by atoms with Crippen molar-refractivity contribution in [2.75, 3.05) is 6.61 Å². The summed E-state index contributed by atoms with van der Waals surface area (Å²) >= 11 is 0. The monoisotopic (exact) mass is 264 g/mol. The minimum atomic E-state index is -0.183. The van der Waals surface area contributed by atoms with E-state index in [2.05, 4.69) is 13.0 Å². The van der Waals surface area contributed by atoms with Gasteiger partial charge in [0.2, 0.25) is 0 Å². The van der Waals surface area contributed by atoms with E-state index in [4.69, 9.17) is 4.74 Å². The van der Waals surface area contributed by atoms with E-state index in [1.807, 2.05) is 6.92 Å². The maximum Gasteiger partial charge on any atom is 0.313 e. The Morgan fingerprint density at radius 1 is 1.42 bits per heavy atom. The molecule has 2 unspecified atom stereocenters. The number of hydrogen-bond donors (Lipinski definition) is 0. The van der Waals surface area contributed by atoms with E-state index in [1.54, 1.807) is 0 Å². The number of unbranched alkanes of at least 4 members (excludes halogenated alkanes) is 1. The van der Waals surface area contributed by atoms with Crippen LogP contribution in [-0.4, -0.2) is 18.4 Å². The van der Waals surface area contributed by atoms with Crippen LogP contribution in [0.3, 0.4) is 0 Å². The fraction of sp³-hybridized carbons (Fsp3) is 0.750. The zero-order chi connectivity index (χ0) is 13.8. The normalized spacial score (nSPS) is 29.9. The summed E-state index contributed by atoms with van der Waals surface area (Å²) in [6.07, 6.45) is 7.76. The van der Waals surface area contributed by atoms with Crippen LogP contribution in [0.4, 0.5) is 0 Å². The first-order valence-electron chi connectivity index (χ1n) is 7.56. The minimum Gasteiger partial charge on any atom is -0.466 e. The van der Waals surface area contributed by atoms with E-state index in [9.17, 15) is 9.59 Å². The number of hydrogen-bond acceptors (Lipinski definition) is 3. The molecule has 0 spiro atoms. The average molecular weight is 264 g/mol. The summed E-state index contributed by atoms with van der Waals surface area (Å²) in [5.41, 5.74) is 1.29. The molecule has 2 aliphatic rings. The molecule has 0 aromatic rings. The van der Waals surface area contributed by atoms with E-state index in [0.29, 0.717) is 18.8 Å². The molecule has 0 aromatic carbocycles. The summed E-state index contributed by atoms with van der Waals surface area (Å²) in [7, 11) is 0. The lowest BCUT2D eigenvalue weighted by Gasteiger charge is -2.30. The molecule has 3 nitrogen and oxygen atoms in total. The van der Waals surface area contributed by atoms with Crippen LogP contribution < -0.4 is 0 Å². The van der Waals surface area contributed by atoms with Crippen LogP contribution >= 0.6 is 0 Å². The van der Waals surface area contributed by atoms with Gasteiger partial charge in [0.1, 0.15) is 5.78 Å². The lowest BCUT2D eigenvalue weighted by Crippen LogP contribution is -2.32. The molecule has 2 aliphatic carbocycles. The first-order valence-corrected chi connectivity index (χ1v) is 7.56.